The molecule has 1 unspecified atom stereocenters. The number of unbranched alkanes of at least 4 members (excludes halogenated alkanes) is 1. The van der Waals surface area contributed by atoms with Crippen LogP contribution >= 0.6 is 16.1 Å². The van der Waals surface area contributed by atoms with Crippen LogP contribution in [0.5, 0.6) is 0 Å². The van der Waals surface area contributed by atoms with Crippen LogP contribution in [0, 0.1) is 0 Å². The van der Waals surface area contributed by atoms with E-state index in [4.69, 9.17) is 0 Å². The van der Waals surface area contributed by atoms with Crippen molar-refractivity contribution in [2.24, 2.45) is 0 Å². The molecule has 1 aliphatic heterocycles. The Balaban J connectivity index is 2.08. The van der Waals surface area contributed by atoms with Crippen LogP contribution in [0.3, 0.4) is 0 Å². The lowest BCUT2D eigenvalue weighted by atomic mass is 10.1. The van der Waals surface area contributed by atoms with Crippen molar-refractivity contribution < 1.29 is 0 Å². The molecule has 0 bridgehead atoms. The van der Waals surface area contributed by atoms with E-state index in [0.29, 0.717) is 5.66 Å². The summed E-state index contributed by atoms with van der Waals surface area (Å²) in [6.45, 7) is 12.6. The maximum atomic E-state index is 4.42. The van der Waals surface area contributed by atoms with Crippen LogP contribution in [0.25, 0.3) is 0 Å². The average Bonchev–Trinajstić information content (AvgIpc) is 3.16. The first-order valence-corrected chi connectivity index (χ1v) is 13.5. The van der Waals surface area contributed by atoms with Gasteiger partial charge >= 0.3 is 0 Å². The molecule has 0 N–H and O–H groups in total. The van der Waals surface area contributed by atoms with Gasteiger partial charge in [-0.15, -0.1) is 0 Å². The molecule has 3 heteroatoms. The standard InChI is InChI=1S/C25H35NP2/c1-5-7-20-26(28-22(6-2)18-19-25(28)21(3)4)27(23-14-10-8-11-15-23)24-16-12-9-13-17-24/h8-17,22,25H,3,5-7,18-20H2,1-2,4H3/t22-,25+,28?/m1/s1. The summed E-state index contributed by atoms with van der Waals surface area (Å²) in [5.41, 5.74) is 2.93. The van der Waals surface area contributed by atoms with Crippen LogP contribution < -0.4 is 10.6 Å². The minimum absolute atomic E-state index is 0.211. The lowest BCUT2D eigenvalue weighted by Crippen LogP contribution is -2.30. The van der Waals surface area contributed by atoms with Gasteiger partial charge in [0.05, 0.1) is 0 Å². The van der Waals surface area contributed by atoms with Crippen LogP contribution in [0.4, 0.5) is 0 Å². The molecule has 2 aromatic carbocycles. The highest BCUT2D eigenvalue weighted by Crippen LogP contribution is 2.67. The van der Waals surface area contributed by atoms with E-state index >= 15 is 0 Å². The molecule has 2 aromatic rings. The van der Waals surface area contributed by atoms with Crippen molar-refractivity contribution in [3.8, 4) is 0 Å². The summed E-state index contributed by atoms with van der Waals surface area (Å²) in [5, 5.41) is 2.98. The van der Waals surface area contributed by atoms with Gasteiger partial charge < -0.3 is 0 Å². The van der Waals surface area contributed by atoms with Crippen LogP contribution in [-0.2, 0) is 0 Å². The average molecular weight is 412 g/mol. The van der Waals surface area contributed by atoms with Gasteiger partial charge in [0.25, 0.3) is 0 Å². The van der Waals surface area contributed by atoms with Gasteiger partial charge in [0, 0.05) is 20.3 Å². The molecular formula is C25H35NP2. The minimum atomic E-state index is -0.500. The zero-order valence-corrected chi connectivity index (χ0v) is 19.5. The van der Waals surface area contributed by atoms with Gasteiger partial charge in [0.15, 0.2) is 0 Å². The summed E-state index contributed by atoms with van der Waals surface area (Å²) in [6.07, 6.45) is 6.52. The molecule has 1 saturated heterocycles. The third-order valence-corrected chi connectivity index (χ3v) is 12.6. The van der Waals surface area contributed by atoms with E-state index in [0.717, 1.165) is 5.66 Å². The summed E-state index contributed by atoms with van der Waals surface area (Å²) in [5.74, 6) is 0. The fraction of sp³-hybridized carbons (Fsp3) is 0.440. The first-order chi connectivity index (χ1) is 13.7. The Kier molecular flexibility index (Phi) is 8.28. The van der Waals surface area contributed by atoms with Gasteiger partial charge in [-0.3, -0.25) is 4.44 Å². The lowest BCUT2D eigenvalue weighted by Gasteiger charge is -2.42. The number of hydrogen-bond donors (Lipinski definition) is 0. The smallest absolute Gasteiger partial charge is 0.0318 e. The fourth-order valence-electron chi connectivity index (χ4n) is 4.25. The molecule has 3 atom stereocenters. The third-order valence-electron chi connectivity index (χ3n) is 5.72. The van der Waals surface area contributed by atoms with E-state index in [9.17, 15) is 0 Å². The van der Waals surface area contributed by atoms with Gasteiger partial charge in [0.2, 0.25) is 0 Å². The molecule has 0 radical (unpaired) electrons. The van der Waals surface area contributed by atoms with Crippen molar-refractivity contribution in [3.63, 3.8) is 0 Å². The van der Waals surface area contributed by atoms with Crippen molar-refractivity contribution in [3.05, 3.63) is 72.8 Å². The summed E-state index contributed by atoms with van der Waals surface area (Å²) < 4.78 is 2.97. The van der Waals surface area contributed by atoms with Crippen LogP contribution in [0.15, 0.2) is 72.8 Å². The topological polar surface area (TPSA) is 3.24 Å². The van der Waals surface area contributed by atoms with E-state index < -0.39 is 8.07 Å². The quantitative estimate of drug-likeness (QED) is 0.316. The molecule has 0 spiro atoms. The molecule has 0 saturated carbocycles. The first-order valence-electron chi connectivity index (χ1n) is 10.8. The van der Waals surface area contributed by atoms with Gasteiger partial charge in [-0.05, 0) is 56.9 Å². The highest BCUT2D eigenvalue weighted by molar-refractivity contribution is 7.79. The van der Waals surface area contributed by atoms with E-state index in [1.807, 2.05) is 0 Å². The number of nitrogens with zero attached hydrogens (tertiary/aromatic N) is 1. The summed E-state index contributed by atoms with van der Waals surface area (Å²) in [4.78, 5) is 0. The van der Waals surface area contributed by atoms with Crippen LogP contribution in [0.1, 0.15) is 52.9 Å². The molecule has 150 valence electrons. The van der Waals surface area contributed by atoms with Crippen molar-refractivity contribution in [1.82, 2.24) is 4.44 Å². The third kappa shape index (κ3) is 4.94. The molecule has 0 aromatic heterocycles. The molecule has 1 nitrogen and oxygen atoms in total. The van der Waals surface area contributed by atoms with E-state index in [2.05, 4.69) is 92.5 Å². The number of benzene rings is 2. The van der Waals surface area contributed by atoms with Gasteiger partial charge in [0.1, 0.15) is 0 Å². The molecule has 0 aliphatic carbocycles. The number of hydrogen-bond acceptors (Lipinski definition) is 1. The lowest BCUT2D eigenvalue weighted by molar-refractivity contribution is 0.630. The second kappa shape index (κ2) is 10.7. The Bertz CT molecular complexity index is 691. The van der Waals surface area contributed by atoms with Crippen LogP contribution in [0.2, 0.25) is 0 Å². The van der Waals surface area contributed by atoms with Crippen molar-refractivity contribution in [2.75, 3.05) is 6.54 Å². The van der Waals surface area contributed by atoms with Crippen molar-refractivity contribution in [1.29, 1.82) is 0 Å². The zero-order valence-electron chi connectivity index (χ0n) is 17.7. The molecule has 1 fully saturated rings. The predicted octanol–water partition coefficient (Wildman–Crippen LogP) is 7.05. The molecule has 0 amide bonds. The largest absolute Gasteiger partial charge is 0.252 e. The Morgan fingerprint density at radius 2 is 1.57 bits per heavy atom. The van der Waals surface area contributed by atoms with Crippen molar-refractivity contribution >= 4 is 26.8 Å². The Morgan fingerprint density at radius 1 is 1.00 bits per heavy atom. The summed E-state index contributed by atoms with van der Waals surface area (Å²) in [6, 6.07) is 22.5. The highest BCUT2D eigenvalue weighted by Gasteiger charge is 2.42. The Morgan fingerprint density at radius 3 is 2.04 bits per heavy atom. The molecule has 1 aliphatic rings. The molecule has 28 heavy (non-hydrogen) atoms. The van der Waals surface area contributed by atoms with Gasteiger partial charge in [-0.1, -0.05) is 93.1 Å². The van der Waals surface area contributed by atoms with E-state index in [1.165, 1.54) is 54.8 Å². The zero-order chi connectivity index (χ0) is 19.9. The Hall–Kier alpha value is -1.00. The van der Waals surface area contributed by atoms with E-state index in [1.54, 1.807) is 0 Å². The minimum Gasteiger partial charge on any atom is -0.252 e. The van der Waals surface area contributed by atoms with Gasteiger partial charge in [-0.25, -0.2) is 0 Å². The molecular weight excluding hydrogens is 376 g/mol. The maximum absolute atomic E-state index is 4.42. The fourth-order valence-corrected chi connectivity index (χ4v) is 11.8. The monoisotopic (exact) mass is 411 g/mol. The predicted molar refractivity (Wildman–Crippen MR) is 130 cm³/mol. The second-order valence-corrected chi connectivity index (χ2v) is 12.9. The first kappa shape index (κ1) is 21.7. The Labute approximate surface area is 174 Å². The number of allylic oxidation sites excluding steroid dienone is 1. The SMILES string of the molecule is C=C(C)[C@@H]1CC[C@@H](CC)P1N(CCCC)P(c1ccccc1)c1ccccc1. The highest BCUT2D eigenvalue weighted by atomic mass is 31.2. The van der Waals surface area contributed by atoms with Crippen molar-refractivity contribution in [2.45, 2.75) is 64.2 Å². The van der Waals surface area contributed by atoms with Gasteiger partial charge in [-0.2, -0.15) is 0 Å². The summed E-state index contributed by atoms with van der Waals surface area (Å²) in [7, 11) is -0.710. The molecule has 1 heterocycles. The van der Waals surface area contributed by atoms with E-state index in [-0.39, 0.29) is 8.07 Å². The van der Waals surface area contributed by atoms with Crippen LogP contribution in [-0.4, -0.2) is 22.3 Å². The maximum Gasteiger partial charge on any atom is 0.0318 e. The molecule has 3 rings (SSSR count). The summed E-state index contributed by atoms with van der Waals surface area (Å²) >= 11 is 0. The normalized spacial score (nSPS) is 22.1. The second-order valence-electron chi connectivity index (χ2n) is 7.81. The number of rotatable bonds is 9.